The number of carbonyl (C=O) groups is 1. The molecule has 26 heavy (non-hydrogen) atoms. The molecule has 2 aromatic carbocycles. The molecule has 0 aliphatic carbocycles. The van der Waals surface area contributed by atoms with Crippen LogP contribution < -0.4 is 0 Å². The fraction of sp³-hybridized carbons (Fsp3) is 0.278. The molecule has 5 nitrogen and oxygen atoms in total. The summed E-state index contributed by atoms with van der Waals surface area (Å²) in [6, 6.07) is 11.0. The summed E-state index contributed by atoms with van der Waals surface area (Å²) in [5.41, 5.74) is 0.478. The van der Waals surface area contributed by atoms with Gasteiger partial charge in [-0.1, -0.05) is 24.3 Å². The quantitative estimate of drug-likeness (QED) is 0.818. The topological polar surface area (TPSA) is 57.7 Å². The summed E-state index contributed by atoms with van der Waals surface area (Å²) in [4.78, 5) is 13.8. The Labute approximate surface area is 150 Å². The van der Waals surface area contributed by atoms with Gasteiger partial charge in [0.05, 0.1) is 11.3 Å². The first-order valence-corrected chi connectivity index (χ1v) is 9.74. The molecular formula is C18H18F2N2O3S. The van der Waals surface area contributed by atoms with E-state index in [9.17, 15) is 22.0 Å². The van der Waals surface area contributed by atoms with Crippen molar-refractivity contribution in [3.05, 3.63) is 71.3 Å². The first-order valence-electron chi connectivity index (χ1n) is 8.13. The van der Waals surface area contributed by atoms with Crippen molar-refractivity contribution in [2.24, 2.45) is 0 Å². The highest BCUT2D eigenvalue weighted by atomic mass is 32.2. The van der Waals surface area contributed by atoms with Gasteiger partial charge >= 0.3 is 0 Å². The molecule has 1 saturated heterocycles. The Morgan fingerprint density at radius 3 is 2.15 bits per heavy atom. The lowest BCUT2D eigenvalue weighted by atomic mass is 10.1. The fourth-order valence-electron chi connectivity index (χ4n) is 2.86. The van der Waals surface area contributed by atoms with E-state index in [-0.39, 0.29) is 37.5 Å². The molecule has 138 valence electrons. The Morgan fingerprint density at radius 1 is 0.923 bits per heavy atom. The maximum atomic E-state index is 13.8. The number of piperazine rings is 1. The molecule has 8 heteroatoms. The summed E-state index contributed by atoms with van der Waals surface area (Å²) in [5.74, 6) is -1.69. The van der Waals surface area contributed by atoms with Gasteiger partial charge in [0.1, 0.15) is 11.6 Å². The lowest BCUT2D eigenvalue weighted by molar-refractivity contribution is 0.0693. The minimum atomic E-state index is -3.57. The Balaban J connectivity index is 1.63. The average molecular weight is 380 g/mol. The maximum absolute atomic E-state index is 13.8. The minimum absolute atomic E-state index is 0.0184. The summed E-state index contributed by atoms with van der Waals surface area (Å²) >= 11 is 0. The lowest BCUT2D eigenvalue weighted by Crippen LogP contribution is -2.50. The number of sulfonamides is 1. The summed E-state index contributed by atoms with van der Waals surface area (Å²) in [5, 5.41) is 0. The zero-order valence-electron chi connectivity index (χ0n) is 13.9. The van der Waals surface area contributed by atoms with Crippen molar-refractivity contribution in [1.82, 2.24) is 9.21 Å². The largest absolute Gasteiger partial charge is 0.336 e. The van der Waals surface area contributed by atoms with Crippen LogP contribution in [0, 0.1) is 11.6 Å². The zero-order chi connectivity index (χ0) is 18.7. The molecule has 1 heterocycles. The Morgan fingerprint density at radius 2 is 1.54 bits per heavy atom. The van der Waals surface area contributed by atoms with E-state index in [2.05, 4.69) is 0 Å². The highest BCUT2D eigenvalue weighted by Gasteiger charge is 2.30. The van der Waals surface area contributed by atoms with Gasteiger partial charge in [0.15, 0.2) is 0 Å². The van der Waals surface area contributed by atoms with Crippen molar-refractivity contribution >= 4 is 15.9 Å². The number of hydrogen-bond donors (Lipinski definition) is 0. The van der Waals surface area contributed by atoms with Gasteiger partial charge in [0, 0.05) is 26.2 Å². The highest BCUT2D eigenvalue weighted by molar-refractivity contribution is 7.88. The van der Waals surface area contributed by atoms with E-state index < -0.39 is 27.6 Å². The van der Waals surface area contributed by atoms with Crippen LogP contribution in [0.25, 0.3) is 0 Å². The van der Waals surface area contributed by atoms with Crippen molar-refractivity contribution in [2.45, 2.75) is 5.75 Å². The zero-order valence-corrected chi connectivity index (χ0v) is 14.8. The van der Waals surface area contributed by atoms with Gasteiger partial charge in [0.2, 0.25) is 10.0 Å². The summed E-state index contributed by atoms with van der Waals surface area (Å²) in [7, 11) is -3.57. The second-order valence-electron chi connectivity index (χ2n) is 6.05. The molecule has 1 fully saturated rings. The van der Waals surface area contributed by atoms with Crippen LogP contribution in [0.4, 0.5) is 8.78 Å². The monoisotopic (exact) mass is 380 g/mol. The molecule has 0 atom stereocenters. The molecule has 0 radical (unpaired) electrons. The standard InChI is InChI=1S/C18H18F2N2O3S/c19-15-7-5-14(6-8-15)13-26(24,25)22-11-9-21(10-12-22)18(23)16-3-1-2-4-17(16)20/h1-8H,9-13H2. The molecule has 0 aromatic heterocycles. The summed E-state index contributed by atoms with van der Waals surface area (Å²) < 4.78 is 53.0. The van der Waals surface area contributed by atoms with E-state index >= 15 is 0 Å². The van der Waals surface area contributed by atoms with Gasteiger partial charge in [0.25, 0.3) is 5.91 Å². The van der Waals surface area contributed by atoms with Gasteiger partial charge in [-0.05, 0) is 29.8 Å². The van der Waals surface area contributed by atoms with Crippen molar-refractivity contribution in [1.29, 1.82) is 0 Å². The second kappa shape index (κ2) is 7.51. The third kappa shape index (κ3) is 4.08. The van der Waals surface area contributed by atoms with Crippen molar-refractivity contribution in [2.75, 3.05) is 26.2 Å². The van der Waals surface area contributed by atoms with Crippen LogP contribution in [-0.4, -0.2) is 49.7 Å². The highest BCUT2D eigenvalue weighted by Crippen LogP contribution is 2.16. The van der Waals surface area contributed by atoms with Crippen LogP contribution in [0.1, 0.15) is 15.9 Å². The number of halogens is 2. The lowest BCUT2D eigenvalue weighted by Gasteiger charge is -2.34. The predicted octanol–water partition coefficient (Wildman–Crippen LogP) is 2.25. The van der Waals surface area contributed by atoms with Crippen LogP contribution >= 0.6 is 0 Å². The Kier molecular flexibility index (Phi) is 5.33. The van der Waals surface area contributed by atoms with Crippen LogP contribution in [0.15, 0.2) is 48.5 Å². The minimum Gasteiger partial charge on any atom is -0.336 e. The molecule has 0 bridgehead atoms. The third-order valence-corrected chi connectivity index (χ3v) is 6.14. The number of nitrogens with zero attached hydrogens (tertiary/aromatic N) is 2. The third-order valence-electron chi connectivity index (χ3n) is 4.29. The number of benzene rings is 2. The van der Waals surface area contributed by atoms with Gasteiger partial charge in [-0.3, -0.25) is 4.79 Å². The van der Waals surface area contributed by atoms with Crippen LogP contribution in [0.3, 0.4) is 0 Å². The normalized spacial score (nSPS) is 15.8. The molecule has 1 aliphatic heterocycles. The first kappa shape index (κ1) is 18.5. The molecule has 0 unspecified atom stereocenters. The maximum Gasteiger partial charge on any atom is 0.256 e. The van der Waals surface area contributed by atoms with Crippen LogP contribution in [0.2, 0.25) is 0 Å². The summed E-state index contributed by atoms with van der Waals surface area (Å²) in [6.07, 6.45) is 0. The Bertz CT molecular complexity index is 893. The van der Waals surface area contributed by atoms with Gasteiger partial charge < -0.3 is 4.90 Å². The predicted molar refractivity (Wildman–Crippen MR) is 92.9 cm³/mol. The number of hydrogen-bond acceptors (Lipinski definition) is 3. The number of rotatable bonds is 4. The van der Waals surface area contributed by atoms with E-state index in [1.807, 2.05) is 0 Å². The molecule has 0 saturated carbocycles. The van der Waals surface area contributed by atoms with Gasteiger partial charge in [-0.25, -0.2) is 17.2 Å². The van der Waals surface area contributed by atoms with Crippen LogP contribution in [0.5, 0.6) is 0 Å². The molecule has 0 spiro atoms. The van der Waals surface area contributed by atoms with Crippen molar-refractivity contribution in [3.8, 4) is 0 Å². The fourth-order valence-corrected chi connectivity index (χ4v) is 4.37. The van der Waals surface area contributed by atoms with E-state index in [4.69, 9.17) is 0 Å². The molecule has 0 N–H and O–H groups in total. The van der Waals surface area contributed by atoms with E-state index in [1.54, 1.807) is 6.07 Å². The molecule has 1 aliphatic rings. The van der Waals surface area contributed by atoms with E-state index in [0.717, 1.165) is 0 Å². The summed E-state index contributed by atoms with van der Waals surface area (Å²) in [6.45, 7) is 0.666. The van der Waals surface area contributed by atoms with Crippen molar-refractivity contribution in [3.63, 3.8) is 0 Å². The average Bonchev–Trinajstić information content (AvgIpc) is 2.63. The smallest absolute Gasteiger partial charge is 0.256 e. The second-order valence-corrected chi connectivity index (χ2v) is 8.02. The van der Waals surface area contributed by atoms with Gasteiger partial charge in [-0.15, -0.1) is 0 Å². The number of carbonyl (C=O) groups excluding carboxylic acids is 1. The van der Waals surface area contributed by atoms with E-state index in [0.29, 0.717) is 5.56 Å². The van der Waals surface area contributed by atoms with Crippen LogP contribution in [-0.2, 0) is 15.8 Å². The van der Waals surface area contributed by atoms with Crippen molar-refractivity contribution < 1.29 is 22.0 Å². The molecule has 3 rings (SSSR count). The van der Waals surface area contributed by atoms with E-state index in [1.165, 1.54) is 51.7 Å². The number of amides is 1. The Hall–Kier alpha value is -2.32. The van der Waals surface area contributed by atoms with Gasteiger partial charge in [-0.2, -0.15) is 4.31 Å². The SMILES string of the molecule is O=C(c1ccccc1F)N1CCN(S(=O)(=O)Cc2ccc(F)cc2)CC1. The first-order chi connectivity index (χ1) is 12.4. The molecular weight excluding hydrogens is 362 g/mol. The molecule has 1 amide bonds. The molecule has 2 aromatic rings.